The lowest BCUT2D eigenvalue weighted by Crippen LogP contribution is -2.43. The Hall–Kier alpha value is -2.80. The molecule has 3 aliphatic rings. The van der Waals surface area contributed by atoms with Gasteiger partial charge in [0.2, 0.25) is 0 Å². The van der Waals surface area contributed by atoms with Crippen LogP contribution in [0, 0.1) is 10.8 Å². The third kappa shape index (κ3) is 4.71. The largest absolute Gasteiger partial charge is 0.497 e. The third-order valence-electron chi connectivity index (χ3n) is 6.74. The minimum Gasteiger partial charge on any atom is -0.497 e. The summed E-state index contributed by atoms with van der Waals surface area (Å²) < 4.78 is 18.7. The van der Waals surface area contributed by atoms with Crippen LogP contribution >= 0.6 is 0 Å². The van der Waals surface area contributed by atoms with Crippen molar-refractivity contribution >= 4 is 11.7 Å². The first kappa shape index (κ1) is 24.3. The molecule has 1 fully saturated rings. The molecule has 0 radical (unpaired) electrons. The minimum atomic E-state index is -0.576. The van der Waals surface area contributed by atoms with Gasteiger partial charge >= 0.3 is 5.97 Å². The molecule has 2 aliphatic heterocycles. The van der Waals surface area contributed by atoms with Gasteiger partial charge < -0.3 is 23.7 Å². The standard InChI is InChI=1S/C27H36N2O5/c1-7-33-25(31)20-13-29-21(12-22(20)30)24(28(6)14-23(29)26(2,3)4)18-9-8-10-19(11-18)34-17-27(5)15-32-16-27/h8-10,12-13,23H,7,11,14-17H2,1-6H3/b24-18-. The first-order valence-electron chi connectivity index (χ1n) is 12.0. The van der Waals surface area contributed by atoms with Crippen molar-refractivity contribution in [2.24, 2.45) is 10.8 Å². The van der Waals surface area contributed by atoms with Crippen molar-refractivity contribution in [3.63, 3.8) is 0 Å². The summed E-state index contributed by atoms with van der Waals surface area (Å²) in [7, 11) is 2.06. The van der Waals surface area contributed by atoms with Crippen LogP contribution < -0.4 is 5.43 Å². The maximum Gasteiger partial charge on any atom is 0.343 e. The van der Waals surface area contributed by atoms with E-state index < -0.39 is 5.97 Å². The van der Waals surface area contributed by atoms with E-state index >= 15 is 0 Å². The second-order valence-corrected chi connectivity index (χ2v) is 11.0. The SMILES string of the molecule is CCOC(=O)c1cn2c(cc1=O)/C(=C1\C=CC=C(OCC3(C)COC3)C1)N(C)CC2C(C)(C)C. The number of fused-ring (bicyclic) bond motifs is 1. The average molecular weight is 469 g/mol. The Morgan fingerprint density at radius 1 is 1.29 bits per heavy atom. The summed E-state index contributed by atoms with van der Waals surface area (Å²) in [6.07, 6.45) is 8.42. The summed E-state index contributed by atoms with van der Waals surface area (Å²) in [4.78, 5) is 27.7. The maximum atomic E-state index is 13.0. The van der Waals surface area contributed by atoms with Gasteiger partial charge in [0.05, 0.1) is 43.9 Å². The maximum absolute atomic E-state index is 13.0. The molecule has 4 rings (SSSR count). The molecule has 1 aliphatic carbocycles. The molecule has 3 heterocycles. The summed E-state index contributed by atoms with van der Waals surface area (Å²) in [5.74, 6) is 0.328. The van der Waals surface area contributed by atoms with Crippen molar-refractivity contribution in [1.29, 1.82) is 0 Å². The van der Waals surface area contributed by atoms with E-state index in [1.54, 1.807) is 19.2 Å². The van der Waals surface area contributed by atoms with E-state index in [0.717, 1.165) is 42.5 Å². The summed E-state index contributed by atoms with van der Waals surface area (Å²) in [6.45, 7) is 13.5. The van der Waals surface area contributed by atoms with E-state index in [1.165, 1.54) is 0 Å². The van der Waals surface area contributed by atoms with E-state index in [9.17, 15) is 9.59 Å². The first-order valence-corrected chi connectivity index (χ1v) is 12.0. The molecular formula is C27H36N2O5. The van der Waals surface area contributed by atoms with Gasteiger partial charge in [-0.05, 0) is 24.0 Å². The molecule has 7 nitrogen and oxygen atoms in total. The number of carbonyl (C=O) groups excluding carboxylic acids is 1. The van der Waals surface area contributed by atoms with Crippen LogP contribution in [-0.2, 0) is 14.2 Å². The Morgan fingerprint density at radius 2 is 2.03 bits per heavy atom. The highest BCUT2D eigenvalue weighted by Crippen LogP contribution is 2.41. The summed E-state index contributed by atoms with van der Waals surface area (Å²) in [6, 6.07) is 1.66. The van der Waals surface area contributed by atoms with Crippen molar-refractivity contribution < 1.29 is 19.0 Å². The molecule has 7 heteroatoms. The van der Waals surface area contributed by atoms with E-state index in [1.807, 2.05) is 12.2 Å². The molecule has 1 aromatic heterocycles. The Balaban J connectivity index is 1.74. The van der Waals surface area contributed by atoms with Crippen LogP contribution in [0.25, 0.3) is 5.70 Å². The number of esters is 1. The van der Waals surface area contributed by atoms with Gasteiger partial charge in [0.25, 0.3) is 0 Å². The van der Waals surface area contributed by atoms with Crippen LogP contribution in [-0.4, -0.2) is 55.5 Å². The van der Waals surface area contributed by atoms with Crippen LogP contribution in [0.4, 0.5) is 0 Å². The molecule has 184 valence electrons. The topological polar surface area (TPSA) is 70.0 Å². The number of allylic oxidation sites excluding steroid dienone is 4. The van der Waals surface area contributed by atoms with Gasteiger partial charge in [0.15, 0.2) is 5.43 Å². The number of aromatic nitrogens is 1. The molecule has 0 aromatic carbocycles. The van der Waals surface area contributed by atoms with E-state index in [0.29, 0.717) is 13.0 Å². The van der Waals surface area contributed by atoms with Crippen molar-refractivity contribution in [2.75, 3.05) is 40.0 Å². The van der Waals surface area contributed by atoms with Crippen molar-refractivity contribution in [3.05, 3.63) is 63.3 Å². The fourth-order valence-corrected chi connectivity index (χ4v) is 4.73. The molecule has 0 bridgehead atoms. The van der Waals surface area contributed by atoms with Crippen molar-refractivity contribution in [1.82, 2.24) is 9.47 Å². The second kappa shape index (κ2) is 9.10. The van der Waals surface area contributed by atoms with Gasteiger partial charge in [-0.3, -0.25) is 4.79 Å². The predicted molar refractivity (Wildman–Crippen MR) is 131 cm³/mol. The number of nitrogens with zero attached hydrogens (tertiary/aromatic N) is 2. The van der Waals surface area contributed by atoms with Crippen LogP contribution in [0.3, 0.4) is 0 Å². The normalized spacial score (nSPS) is 23.6. The van der Waals surface area contributed by atoms with Gasteiger partial charge in [-0.25, -0.2) is 4.79 Å². The summed E-state index contributed by atoms with van der Waals surface area (Å²) >= 11 is 0. The lowest BCUT2D eigenvalue weighted by Gasteiger charge is -2.44. The molecular weight excluding hydrogens is 432 g/mol. The smallest absolute Gasteiger partial charge is 0.343 e. The number of hydrogen-bond acceptors (Lipinski definition) is 6. The monoisotopic (exact) mass is 468 g/mol. The molecule has 0 N–H and O–H groups in total. The molecule has 0 saturated carbocycles. The Kier molecular flexibility index (Phi) is 6.51. The summed E-state index contributed by atoms with van der Waals surface area (Å²) in [5.41, 5.74) is 2.61. The predicted octanol–water partition coefficient (Wildman–Crippen LogP) is 4.17. The molecule has 34 heavy (non-hydrogen) atoms. The summed E-state index contributed by atoms with van der Waals surface area (Å²) in [5, 5.41) is 0. The zero-order chi connectivity index (χ0) is 24.7. The molecule has 1 atom stereocenters. The molecule has 1 saturated heterocycles. The third-order valence-corrected chi connectivity index (χ3v) is 6.74. The van der Waals surface area contributed by atoms with E-state index in [4.69, 9.17) is 14.2 Å². The number of pyridine rings is 1. The van der Waals surface area contributed by atoms with E-state index in [2.05, 4.69) is 50.3 Å². The van der Waals surface area contributed by atoms with Crippen LogP contribution in [0.1, 0.15) is 63.1 Å². The Morgan fingerprint density at radius 3 is 2.65 bits per heavy atom. The number of likely N-dealkylation sites (N-methyl/N-ethyl adjacent to an activating group) is 1. The minimum absolute atomic E-state index is 0.0697. The van der Waals surface area contributed by atoms with Crippen molar-refractivity contribution in [3.8, 4) is 0 Å². The molecule has 0 amide bonds. The highest BCUT2D eigenvalue weighted by atomic mass is 16.5. The van der Waals surface area contributed by atoms with Crippen LogP contribution in [0.2, 0.25) is 0 Å². The quantitative estimate of drug-likeness (QED) is 0.605. The van der Waals surface area contributed by atoms with Crippen molar-refractivity contribution in [2.45, 2.75) is 47.1 Å². The zero-order valence-electron chi connectivity index (χ0n) is 21.1. The number of carbonyl (C=O) groups is 1. The van der Waals surface area contributed by atoms with Gasteiger partial charge in [-0.15, -0.1) is 0 Å². The average Bonchev–Trinajstić information content (AvgIpc) is 2.75. The Bertz CT molecular complexity index is 1110. The van der Waals surface area contributed by atoms with Crippen LogP contribution in [0.5, 0.6) is 0 Å². The lowest BCUT2D eigenvalue weighted by atomic mass is 9.83. The molecule has 1 unspecified atom stereocenters. The second-order valence-electron chi connectivity index (χ2n) is 11.0. The first-order chi connectivity index (χ1) is 16.0. The van der Waals surface area contributed by atoms with Gasteiger partial charge in [-0.1, -0.05) is 39.8 Å². The van der Waals surface area contributed by atoms with Gasteiger partial charge in [-0.2, -0.15) is 0 Å². The zero-order valence-corrected chi connectivity index (χ0v) is 21.1. The molecule has 1 aromatic rings. The number of rotatable bonds is 5. The lowest BCUT2D eigenvalue weighted by molar-refractivity contribution is -0.129. The number of ether oxygens (including phenoxy) is 3. The molecule has 0 spiro atoms. The fourth-order valence-electron chi connectivity index (χ4n) is 4.73. The number of hydrogen-bond donors (Lipinski definition) is 0. The Labute approximate surface area is 201 Å². The van der Waals surface area contributed by atoms with Gasteiger partial charge in [0, 0.05) is 37.7 Å². The fraction of sp³-hybridized carbons (Fsp3) is 0.556. The van der Waals surface area contributed by atoms with Gasteiger partial charge in [0.1, 0.15) is 11.3 Å². The highest BCUT2D eigenvalue weighted by Gasteiger charge is 2.37. The van der Waals surface area contributed by atoms with Crippen LogP contribution in [0.15, 0.2) is 46.6 Å². The highest BCUT2D eigenvalue weighted by molar-refractivity contribution is 5.89. The van der Waals surface area contributed by atoms with E-state index in [-0.39, 0.29) is 34.5 Å².